The zero-order chi connectivity index (χ0) is 32.4. The number of hydrogen-bond acceptors (Lipinski definition) is 8. The SMILES string of the molecule is O=C(NCc1ccc(OC(F)(F)F)cc1)[C@H]1CN(c2ccc3nccnc3c2)CCN1S(=O)(=O)c1ccc(OC(F)(F)F)cc1. The number of halogens is 6. The first kappa shape index (κ1) is 31.8. The molecule has 1 aliphatic rings. The molecule has 1 aliphatic heterocycles. The molecule has 4 aromatic rings. The summed E-state index contributed by atoms with van der Waals surface area (Å²) in [4.78, 5) is 23.5. The summed E-state index contributed by atoms with van der Waals surface area (Å²) < 4.78 is 111. The second kappa shape index (κ2) is 12.4. The number of nitrogens with zero attached hydrogens (tertiary/aromatic N) is 4. The van der Waals surface area contributed by atoms with Gasteiger partial charge in [-0.15, -0.1) is 26.3 Å². The Morgan fingerprint density at radius 2 is 1.40 bits per heavy atom. The molecule has 10 nitrogen and oxygen atoms in total. The van der Waals surface area contributed by atoms with Crippen LogP contribution >= 0.6 is 0 Å². The Morgan fingerprint density at radius 1 is 0.822 bits per heavy atom. The molecule has 0 bridgehead atoms. The van der Waals surface area contributed by atoms with E-state index in [2.05, 4.69) is 24.8 Å². The molecule has 1 aromatic heterocycles. The summed E-state index contributed by atoms with van der Waals surface area (Å²) in [6.07, 6.45) is -6.80. The molecular weight excluding hydrogens is 632 g/mol. The van der Waals surface area contributed by atoms with Crippen LogP contribution in [0, 0.1) is 0 Å². The number of amides is 1. The van der Waals surface area contributed by atoms with E-state index in [1.165, 1.54) is 24.5 Å². The van der Waals surface area contributed by atoms with E-state index in [4.69, 9.17) is 0 Å². The Hall–Kier alpha value is -4.64. The van der Waals surface area contributed by atoms with Gasteiger partial charge in [0.25, 0.3) is 0 Å². The quantitative estimate of drug-likeness (QED) is 0.274. The highest BCUT2D eigenvalue weighted by Crippen LogP contribution is 2.29. The number of carbonyl (C=O) groups excluding carboxylic acids is 1. The van der Waals surface area contributed by atoms with Gasteiger partial charge in [-0.3, -0.25) is 14.8 Å². The molecule has 3 aromatic carbocycles. The summed E-state index contributed by atoms with van der Waals surface area (Å²) in [7, 11) is -4.40. The maximum absolute atomic E-state index is 13.7. The van der Waals surface area contributed by atoms with Crippen molar-refractivity contribution in [3.8, 4) is 11.5 Å². The minimum Gasteiger partial charge on any atom is -0.406 e. The van der Waals surface area contributed by atoms with Crippen molar-refractivity contribution < 1.29 is 49.0 Å². The Bertz CT molecular complexity index is 1770. The number of rotatable bonds is 8. The largest absolute Gasteiger partial charge is 0.573 e. The van der Waals surface area contributed by atoms with Gasteiger partial charge in [0, 0.05) is 44.3 Å². The lowest BCUT2D eigenvalue weighted by atomic mass is 10.1. The van der Waals surface area contributed by atoms with Gasteiger partial charge in [0.05, 0.1) is 15.9 Å². The highest BCUT2D eigenvalue weighted by atomic mass is 32.2. The molecule has 238 valence electrons. The van der Waals surface area contributed by atoms with Gasteiger partial charge in [-0.2, -0.15) is 4.31 Å². The standard InChI is InChI=1S/C28H23F6N5O5S/c29-27(30,31)43-20-4-1-18(2-5-20)16-37-26(40)25-17-38(19-3-10-23-24(15-19)36-12-11-35-23)13-14-39(25)45(41,42)22-8-6-21(7-9-22)44-28(32,33)34/h1-12,15,25H,13-14,16-17H2,(H,37,40)/t25-/m1/s1. The van der Waals surface area contributed by atoms with Crippen molar-refractivity contribution in [3.63, 3.8) is 0 Å². The number of carbonyl (C=O) groups is 1. The van der Waals surface area contributed by atoms with E-state index in [0.29, 0.717) is 22.3 Å². The molecule has 0 aliphatic carbocycles. The van der Waals surface area contributed by atoms with Gasteiger partial charge in [0.2, 0.25) is 15.9 Å². The van der Waals surface area contributed by atoms with E-state index in [-0.39, 0.29) is 31.1 Å². The van der Waals surface area contributed by atoms with Crippen LogP contribution in [0.3, 0.4) is 0 Å². The highest BCUT2D eigenvalue weighted by molar-refractivity contribution is 7.89. The first-order valence-electron chi connectivity index (χ1n) is 13.1. The zero-order valence-corrected chi connectivity index (χ0v) is 23.7. The second-order valence-electron chi connectivity index (χ2n) is 9.74. The van der Waals surface area contributed by atoms with Crippen molar-refractivity contribution in [2.24, 2.45) is 0 Å². The van der Waals surface area contributed by atoms with Crippen LogP contribution in [-0.2, 0) is 21.4 Å². The minimum atomic E-state index is -4.97. The molecule has 0 unspecified atom stereocenters. The smallest absolute Gasteiger partial charge is 0.406 e. The number of fused-ring (bicyclic) bond motifs is 1. The summed E-state index contributed by atoms with van der Waals surface area (Å²) >= 11 is 0. The molecule has 0 radical (unpaired) electrons. The number of alkyl halides is 6. The van der Waals surface area contributed by atoms with Gasteiger partial charge in [-0.1, -0.05) is 12.1 Å². The van der Waals surface area contributed by atoms with Crippen LogP contribution in [0.15, 0.2) is 84.0 Å². The predicted molar refractivity (Wildman–Crippen MR) is 148 cm³/mol. The van der Waals surface area contributed by atoms with Crippen molar-refractivity contribution in [1.82, 2.24) is 19.6 Å². The molecule has 1 fully saturated rings. The number of hydrogen-bond donors (Lipinski definition) is 1. The first-order chi connectivity index (χ1) is 21.2. The highest BCUT2D eigenvalue weighted by Gasteiger charge is 2.40. The van der Waals surface area contributed by atoms with E-state index >= 15 is 0 Å². The number of ether oxygens (including phenoxy) is 2. The molecule has 1 amide bonds. The molecule has 45 heavy (non-hydrogen) atoms. The van der Waals surface area contributed by atoms with Crippen LogP contribution in [0.5, 0.6) is 11.5 Å². The second-order valence-corrected chi connectivity index (χ2v) is 11.6. The van der Waals surface area contributed by atoms with E-state index in [1.807, 2.05) is 0 Å². The fraction of sp³-hybridized carbons (Fsp3) is 0.250. The third-order valence-electron chi connectivity index (χ3n) is 6.74. The Balaban J connectivity index is 1.38. The van der Waals surface area contributed by atoms with Gasteiger partial charge >= 0.3 is 12.7 Å². The van der Waals surface area contributed by atoms with Crippen LogP contribution < -0.4 is 19.7 Å². The molecule has 5 rings (SSSR count). The monoisotopic (exact) mass is 655 g/mol. The number of piperazine rings is 1. The van der Waals surface area contributed by atoms with Crippen LogP contribution in [0.25, 0.3) is 11.0 Å². The predicted octanol–water partition coefficient (Wildman–Crippen LogP) is 4.62. The fourth-order valence-corrected chi connectivity index (χ4v) is 6.29. The average molecular weight is 656 g/mol. The minimum absolute atomic E-state index is 0.107. The molecular formula is C28H23F6N5O5S. The third-order valence-corrected chi connectivity index (χ3v) is 8.66. The average Bonchev–Trinajstić information content (AvgIpc) is 2.98. The summed E-state index contributed by atoms with van der Waals surface area (Å²) in [5, 5.41) is 2.62. The fourth-order valence-electron chi connectivity index (χ4n) is 4.72. The van der Waals surface area contributed by atoms with Crippen molar-refractivity contribution in [2.75, 3.05) is 24.5 Å². The maximum atomic E-state index is 13.7. The van der Waals surface area contributed by atoms with Gasteiger partial charge in [-0.05, 0) is 60.2 Å². The van der Waals surface area contributed by atoms with E-state index in [9.17, 15) is 39.6 Å². The number of nitrogens with one attached hydrogen (secondary N) is 1. The first-order valence-corrected chi connectivity index (χ1v) is 14.6. The van der Waals surface area contributed by atoms with Gasteiger partial charge in [0.1, 0.15) is 17.5 Å². The summed E-state index contributed by atoms with van der Waals surface area (Å²) in [6.45, 7) is -0.261. The van der Waals surface area contributed by atoms with Crippen molar-refractivity contribution in [2.45, 2.75) is 30.2 Å². The lowest BCUT2D eigenvalue weighted by Crippen LogP contribution is -2.60. The van der Waals surface area contributed by atoms with Crippen molar-refractivity contribution in [1.29, 1.82) is 0 Å². The Morgan fingerprint density at radius 3 is 2.00 bits per heavy atom. The normalized spacial score (nSPS) is 16.4. The molecule has 0 spiro atoms. The third kappa shape index (κ3) is 7.91. The van der Waals surface area contributed by atoms with Crippen LogP contribution in [0.2, 0.25) is 0 Å². The van der Waals surface area contributed by atoms with E-state index in [0.717, 1.165) is 40.7 Å². The zero-order valence-electron chi connectivity index (χ0n) is 22.9. The number of benzene rings is 3. The lowest BCUT2D eigenvalue weighted by molar-refractivity contribution is -0.275. The molecule has 17 heteroatoms. The van der Waals surface area contributed by atoms with Gasteiger partial charge in [-0.25, -0.2) is 8.42 Å². The van der Waals surface area contributed by atoms with E-state index in [1.54, 1.807) is 23.1 Å². The van der Waals surface area contributed by atoms with E-state index < -0.39 is 46.2 Å². The molecule has 1 saturated heterocycles. The summed E-state index contributed by atoms with van der Waals surface area (Å²) in [5.41, 5.74) is 2.26. The molecule has 1 N–H and O–H groups in total. The van der Waals surface area contributed by atoms with Crippen molar-refractivity contribution >= 4 is 32.7 Å². The lowest BCUT2D eigenvalue weighted by Gasteiger charge is -2.40. The summed E-state index contributed by atoms with van der Waals surface area (Å²) in [6, 6.07) is 12.3. The summed E-state index contributed by atoms with van der Waals surface area (Å²) in [5.74, 6) is -1.78. The van der Waals surface area contributed by atoms with Gasteiger partial charge in [0.15, 0.2) is 0 Å². The van der Waals surface area contributed by atoms with Crippen LogP contribution in [-0.4, -0.2) is 67.0 Å². The molecule has 0 saturated carbocycles. The van der Waals surface area contributed by atoms with Crippen LogP contribution in [0.4, 0.5) is 32.0 Å². The van der Waals surface area contributed by atoms with Crippen molar-refractivity contribution in [3.05, 3.63) is 84.7 Å². The Labute approximate surface area is 252 Å². The van der Waals surface area contributed by atoms with Crippen LogP contribution in [0.1, 0.15) is 5.56 Å². The molecule has 2 heterocycles. The molecule has 1 atom stereocenters. The topological polar surface area (TPSA) is 114 Å². The number of anilines is 1. The Kier molecular flexibility index (Phi) is 8.75. The van der Waals surface area contributed by atoms with Gasteiger partial charge < -0.3 is 19.7 Å². The number of aromatic nitrogens is 2. The maximum Gasteiger partial charge on any atom is 0.573 e. The number of sulfonamides is 1.